The van der Waals surface area contributed by atoms with Crippen molar-refractivity contribution < 1.29 is 28.6 Å². The van der Waals surface area contributed by atoms with Gasteiger partial charge < -0.3 is 29.3 Å². The van der Waals surface area contributed by atoms with Crippen molar-refractivity contribution in [2.75, 3.05) is 46.3 Å². The van der Waals surface area contributed by atoms with Crippen molar-refractivity contribution in [3.8, 4) is 11.5 Å². The van der Waals surface area contributed by atoms with E-state index in [0.29, 0.717) is 41.4 Å². The molecule has 3 atom stereocenters. The average molecular weight is 498 g/mol. The minimum absolute atomic E-state index is 0.0102. The maximum atomic E-state index is 13.5. The van der Waals surface area contributed by atoms with Gasteiger partial charge in [0.1, 0.15) is 18.1 Å². The molecule has 1 N–H and O–H groups in total. The number of rotatable bonds is 4. The van der Waals surface area contributed by atoms with Crippen LogP contribution in [0.3, 0.4) is 0 Å². The maximum Gasteiger partial charge on any atom is 0.257 e. The SMILES string of the molecule is COc1cccc(C(=O)Nc2ccc3c(c2)C(=O)N(C)C[C@@H](OC)[C@@H](C)CN(C(C)=O)[C@@H](C)CO3)c1. The molecule has 0 aliphatic carbocycles. The van der Waals surface area contributed by atoms with Gasteiger partial charge in [0, 0.05) is 51.3 Å². The third kappa shape index (κ3) is 6.34. The fraction of sp³-hybridized carbons (Fsp3) is 0.444. The minimum atomic E-state index is -0.331. The average Bonchev–Trinajstić information content (AvgIpc) is 2.87. The largest absolute Gasteiger partial charge is 0.497 e. The number of nitrogens with one attached hydrogen (secondary N) is 1. The quantitative estimate of drug-likeness (QED) is 0.696. The first-order valence-electron chi connectivity index (χ1n) is 11.9. The molecule has 9 heteroatoms. The van der Waals surface area contributed by atoms with Crippen LogP contribution >= 0.6 is 0 Å². The van der Waals surface area contributed by atoms with Crippen LogP contribution in [0.1, 0.15) is 41.5 Å². The smallest absolute Gasteiger partial charge is 0.257 e. The highest BCUT2D eigenvalue weighted by Gasteiger charge is 2.29. The highest BCUT2D eigenvalue weighted by Crippen LogP contribution is 2.27. The number of anilines is 1. The van der Waals surface area contributed by atoms with Gasteiger partial charge in [-0.1, -0.05) is 13.0 Å². The number of hydrogen-bond donors (Lipinski definition) is 1. The van der Waals surface area contributed by atoms with Crippen LogP contribution in [0.25, 0.3) is 0 Å². The summed E-state index contributed by atoms with van der Waals surface area (Å²) in [6.45, 7) is 6.49. The molecule has 0 unspecified atom stereocenters. The maximum absolute atomic E-state index is 13.5. The van der Waals surface area contributed by atoms with Crippen LogP contribution in [0.2, 0.25) is 0 Å². The molecule has 2 aromatic rings. The molecule has 0 fully saturated rings. The standard InChI is InChI=1S/C27H35N3O6/c1-17-14-30(19(3)31)18(2)16-36-24-11-10-21(13-23(24)27(33)29(4)15-25(17)35-6)28-26(32)20-8-7-9-22(12-20)34-5/h7-13,17-18,25H,14-16H2,1-6H3,(H,28,32)/t17-,18-,25+/m0/s1. The molecule has 3 amide bonds. The number of hydrogen-bond acceptors (Lipinski definition) is 6. The summed E-state index contributed by atoms with van der Waals surface area (Å²) in [5.41, 5.74) is 1.19. The number of carbonyl (C=O) groups is 3. The van der Waals surface area contributed by atoms with Gasteiger partial charge in [-0.2, -0.15) is 0 Å². The van der Waals surface area contributed by atoms with Gasteiger partial charge in [0.15, 0.2) is 0 Å². The summed E-state index contributed by atoms with van der Waals surface area (Å²) in [5, 5.41) is 2.84. The van der Waals surface area contributed by atoms with Crippen molar-refractivity contribution in [3.63, 3.8) is 0 Å². The van der Waals surface area contributed by atoms with Gasteiger partial charge in [-0.3, -0.25) is 14.4 Å². The monoisotopic (exact) mass is 497 g/mol. The van der Waals surface area contributed by atoms with Crippen molar-refractivity contribution >= 4 is 23.4 Å². The van der Waals surface area contributed by atoms with Crippen LogP contribution in [0, 0.1) is 5.92 Å². The summed E-state index contributed by atoms with van der Waals surface area (Å²) in [4.78, 5) is 42.0. The molecule has 0 radical (unpaired) electrons. The Morgan fingerprint density at radius 3 is 2.50 bits per heavy atom. The second-order valence-corrected chi connectivity index (χ2v) is 9.17. The molecule has 3 rings (SSSR count). The second-order valence-electron chi connectivity index (χ2n) is 9.17. The lowest BCUT2D eigenvalue weighted by molar-refractivity contribution is -0.133. The topological polar surface area (TPSA) is 97.4 Å². The Labute approximate surface area is 212 Å². The first-order valence-corrected chi connectivity index (χ1v) is 11.9. The predicted octanol–water partition coefficient (Wildman–Crippen LogP) is 3.30. The summed E-state index contributed by atoms with van der Waals surface area (Å²) in [7, 11) is 4.84. The Bertz CT molecular complexity index is 1100. The molecule has 0 spiro atoms. The van der Waals surface area contributed by atoms with Gasteiger partial charge in [-0.15, -0.1) is 0 Å². The van der Waals surface area contributed by atoms with Crippen LogP contribution in [0.4, 0.5) is 5.69 Å². The third-order valence-corrected chi connectivity index (χ3v) is 6.44. The van der Waals surface area contributed by atoms with Crippen molar-refractivity contribution in [2.24, 2.45) is 5.92 Å². The van der Waals surface area contributed by atoms with E-state index in [0.717, 1.165) is 0 Å². The molecule has 1 aliphatic heterocycles. The number of amides is 3. The number of likely N-dealkylation sites (N-methyl/N-ethyl adjacent to an activating group) is 1. The van der Waals surface area contributed by atoms with E-state index in [2.05, 4.69) is 5.32 Å². The molecule has 9 nitrogen and oxygen atoms in total. The predicted molar refractivity (Wildman–Crippen MR) is 137 cm³/mol. The highest BCUT2D eigenvalue weighted by molar-refractivity contribution is 6.05. The molecule has 194 valence electrons. The Balaban J connectivity index is 1.93. The number of ether oxygens (including phenoxy) is 3. The normalized spacial score (nSPS) is 20.9. The number of benzene rings is 2. The second kappa shape index (κ2) is 11.9. The van der Waals surface area contributed by atoms with Crippen LogP contribution in [-0.4, -0.2) is 80.6 Å². The summed E-state index contributed by atoms with van der Waals surface area (Å²) >= 11 is 0. The van der Waals surface area contributed by atoms with E-state index in [4.69, 9.17) is 14.2 Å². The van der Waals surface area contributed by atoms with Gasteiger partial charge in [0.25, 0.3) is 11.8 Å². The zero-order valence-corrected chi connectivity index (χ0v) is 21.7. The molecule has 1 heterocycles. The summed E-state index contributed by atoms with van der Waals surface area (Å²) < 4.78 is 16.9. The molecule has 0 aromatic heterocycles. The molecule has 0 saturated heterocycles. The van der Waals surface area contributed by atoms with Crippen LogP contribution < -0.4 is 14.8 Å². The van der Waals surface area contributed by atoms with E-state index >= 15 is 0 Å². The van der Waals surface area contributed by atoms with Crippen LogP contribution in [0.5, 0.6) is 11.5 Å². The van der Waals surface area contributed by atoms with Crippen molar-refractivity contribution in [1.82, 2.24) is 9.80 Å². The fourth-order valence-corrected chi connectivity index (χ4v) is 4.26. The highest BCUT2D eigenvalue weighted by atomic mass is 16.5. The van der Waals surface area contributed by atoms with Gasteiger partial charge in [-0.05, 0) is 43.3 Å². The van der Waals surface area contributed by atoms with Gasteiger partial charge in [0.05, 0.1) is 24.8 Å². The zero-order chi connectivity index (χ0) is 26.4. The molecule has 1 aliphatic rings. The molecule has 2 aromatic carbocycles. The summed E-state index contributed by atoms with van der Waals surface area (Å²) in [6.07, 6.45) is -0.271. The molecule has 36 heavy (non-hydrogen) atoms. The first-order chi connectivity index (χ1) is 17.1. The van der Waals surface area contributed by atoms with Crippen molar-refractivity contribution in [1.29, 1.82) is 0 Å². The molecular weight excluding hydrogens is 462 g/mol. The lowest BCUT2D eigenvalue weighted by atomic mass is 10.0. The Morgan fingerprint density at radius 1 is 1.08 bits per heavy atom. The van der Waals surface area contributed by atoms with Crippen molar-refractivity contribution in [2.45, 2.75) is 32.9 Å². The van der Waals surface area contributed by atoms with Gasteiger partial charge >= 0.3 is 0 Å². The van der Waals surface area contributed by atoms with E-state index in [9.17, 15) is 14.4 Å². The van der Waals surface area contributed by atoms with E-state index in [1.165, 1.54) is 14.0 Å². The number of carbonyl (C=O) groups excluding carboxylic acids is 3. The number of nitrogens with zero attached hydrogens (tertiary/aromatic N) is 2. The molecule has 0 bridgehead atoms. The van der Waals surface area contributed by atoms with E-state index in [1.807, 2.05) is 13.8 Å². The number of fused-ring (bicyclic) bond motifs is 1. The molecule has 0 saturated carbocycles. The fourth-order valence-electron chi connectivity index (χ4n) is 4.26. The van der Waals surface area contributed by atoms with Crippen molar-refractivity contribution in [3.05, 3.63) is 53.6 Å². The summed E-state index contributed by atoms with van der Waals surface area (Å²) in [6, 6.07) is 11.6. The zero-order valence-electron chi connectivity index (χ0n) is 21.7. The van der Waals surface area contributed by atoms with E-state index in [-0.39, 0.29) is 42.4 Å². The lowest BCUT2D eigenvalue weighted by Crippen LogP contribution is -2.48. The Morgan fingerprint density at radius 2 is 1.83 bits per heavy atom. The van der Waals surface area contributed by atoms with Gasteiger partial charge in [0.2, 0.25) is 5.91 Å². The Kier molecular flexibility index (Phi) is 8.93. The first kappa shape index (κ1) is 27.0. The van der Waals surface area contributed by atoms with E-state index < -0.39 is 0 Å². The third-order valence-electron chi connectivity index (χ3n) is 6.44. The van der Waals surface area contributed by atoms with Crippen LogP contribution in [0.15, 0.2) is 42.5 Å². The molecular formula is C27H35N3O6. The van der Waals surface area contributed by atoms with E-state index in [1.54, 1.807) is 66.4 Å². The van der Waals surface area contributed by atoms with Crippen LogP contribution in [-0.2, 0) is 9.53 Å². The summed E-state index contributed by atoms with van der Waals surface area (Å²) in [5.74, 6) is 0.301. The lowest BCUT2D eigenvalue weighted by Gasteiger charge is -2.35. The Hall–Kier alpha value is -3.59. The number of methoxy groups -OCH3 is 2. The minimum Gasteiger partial charge on any atom is -0.497 e. The van der Waals surface area contributed by atoms with Gasteiger partial charge in [-0.25, -0.2) is 0 Å².